The molecule has 1 saturated heterocycles. The Morgan fingerprint density at radius 1 is 1.26 bits per heavy atom. The van der Waals surface area contributed by atoms with Gasteiger partial charge in [0.25, 0.3) is 5.91 Å². The summed E-state index contributed by atoms with van der Waals surface area (Å²) in [5.41, 5.74) is 6.04. The van der Waals surface area contributed by atoms with Gasteiger partial charge in [-0.15, -0.1) is 23.7 Å². The summed E-state index contributed by atoms with van der Waals surface area (Å²) in [5.74, 6) is 0.636. The van der Waals surface area contributed by atoms with Gasteiger partial charge in [0.05, 0.1) is 5.56 Å². The van der Waals surface area contributed by atoms with Crippen LogP contribution in [0, 0.1) is 11.8 Å². The van der Waals surface area contributed by atoms with E-state index in [-0.39, 0.29) is 30.0 Å². The van der Waals surface area contributed by atoms with Crippen molar-refractivity contribution in [2.75, 3.05) is 13.1 Å². The van der Waals surface area contributed by atoms with Crippen molar-refractivity contribution < 1.29 is 18.0 Å². The summed E-state index contributed by atoms with van der Waals surface area (Å²) in [6.45, 7) is 1.33. The molecule has 1 aromatic carbocycles. The molecule has 2 aromatic rings. The first-order valence-electron chi connectivity index (χ1n) is 8.51. The number of carbonyl (C=O) groups excluding carboxylic acids is 1. The summed E-state index contributed by atoms with van der Waals surface area (Å²) in [5, 5.41) is 2.03. The van der Waals surface area contributed by atoms with Gasteiger partial charge in [-0.2, -0.15) is 13.2 Å². The summed E-state index contributed by atoms with van der Waals surface area (Å²) >= 11 is 1.18. The van der Waals surface area contributed by atoms with Gasteiger partial charge >= 0.3 is 6.18 Å². The summed E-state index contributed by atoms with van der Waals surface area (Å²) in [4.78, 5) is 18.8. The van der Waals surface area contributed by atoms with E-state index >= 15 is 0 Å². The van der Waals surface area contributed by atoms with Crippen LogP contribution in [0.15, 0.2) is 29.6 Å². The summed E-state index contributed by atoms with van der Waals surface area (Å²) in [6.07, 6.45) is -2.35. The minimum absolute atomic E-state index is 0. The first kappa shape index (κ1) is 20.1. The zero-order valence-corrected chi connectivity index (χ0v) is 15.9. The van der Waals surface area contributed by atoms with Gasteiger partial charge < -0.3 is 10.6 Å². The number of hydrogen-bond acceptors (Lipinski definition) is 4. The van der Waals surface area contributed by atoms with Gasteiger partial charge in [-0.3, -0.25) is 4.79 Å². The van der Waals surface area contributed by atoms with Crippen molar-refractivity contribution >= 4 is 29.7 Å². The molecule has 4 rings (SSSR count). The molecular weight excluding hydrogens is 399 g/mol. The minimum Gasteiger partial charge on any atom is -0.337 e. The molecule has 1 saturated carbocycles. The van der Waals surface area contributed by atoms with Crippen LogP contribution in [0.3, 0.4) is 0 Å². The molecule has 4 nitrogen and oxygen atoms in total. The molecule has 0 radical (unpaired) electrons. The van der Waals surface area contributed by atoms with Gasteiger partial charge in [0.2, 0.25) is 0 Å². The molecule has 146 valence electrons. The molecule has 3 unspecified atom stereocenters. The van der Waals surface area contributed by atoms with E-state index in [0.29, 0.717) is 35.5 Å². The SMILES string of the molecule is Cl.NC1CCC2CN(C(=O)c3csc(-c4cccc(C(F)(F)F)c4)n3)CC12. The van der Waals surface area contributed by atoms with Crippen LogP contribution in [-0.2, 0) is 6.18 Å². The number of rotatable bonds is 2. The van der Waals surface area contributed by atoms with E-state index in [2.05, 4.69) is 4.98 Å². The van der Waals surface area contributed by atoms with Gasteiger partial charge in [-0.1, -0.05) is 12.1 Å². The van der Waals surface area contributed by atoms with Crippen molar-refractivity contribution in [3.63, 3.8) is 0 Å². The lowest BCUT2D eigenvalue weighted by Crippen LogP contribution is -2.33. The van der Waals surface area contributed by atoms with E-state index in [1.54, 1.807) is 16.3 Å². The molecule has 2 aliphatic rings. The highest BCUT2D eigenvalue weighted by atomic mass is 35.5. The highest BCUT2D eigenvalue weighted by Crippen LogP contribution is 2.38. The Bertz CT molecular complexity index is 841. The Morgan fingerprint density at radius 2 is 2.04 bits per heavy atom. The third kappa shape index (κ3) is 3.83. The fourth-order valence-corrected chi connectivity index (χ4v) is 4.76. The van der Waals surface area contributed by atoms with Crippen LogP contribution in [0.5, 0.6) is 0 Å². The number of alkyl halides is 3. The highest BCUT2D eigenvalue weighted by Gasteiger charge is 2.43. The quantitative estimate of drug-likeness (QED) is 0.801. The fraction of sp³-hybridized carbons (Fsp3) is 0.444. The number of thiazole rings is 1. The molecule has 1 aromatic heterocycles. The zero-order chi connectivity index (χ0) is 18.5. The van der Waals surface area contributed by atoms with Crippen LogP contribution in [0.1, 0.15) is 28.9 Å². The van der Waals surface area contributed by atoms with Gasteiger partial charge in [-0.25, -0.2) is 4.98 Å². The number of nitrogens with two attached hydrogens (primary N) is 1. The van der Waals surface area contributed by atoms with Crippen molar-refractivity contribution in [2.24, 2.45) is 17.6 Å². The predicted molar refractivity (Wildman–Crippen MR) is 99.9 cm³/mol. The minimum atomic E-state index is -4.40. The number of amides is 1. The molecule has 0 bridgehead atoms. The fourth-order valence-electron chi connectivity index (χ4n) is 3.97. The molecular formula is C18H19ClF3N3OS. The van der Waals surface area contributed by atoms with Crippen molar-refractivity contribution in [3.05, 3.63) is 40.9 Å². The zero-order valence-electron chi connectivity index (χ0n) is 14.3. The second kappa shape index (κ2) is 7.41. The lowest BCUT2D eigenvalue weighted by Gasteiger charge is -2.17. The van der Waals surface area contributed by atoms with Gasteiger partial charge in [0.15, 0.2) is 0 Å². The topological polar surface area (TPSA) is 59.2 Å². The lowest BCUT2D eigenvalue weighted by molar-refractivity contribution is -0.137. The monoisotopic (exact) mass is 417 g/mol. The Balaban J connectivity index is 0.00000210. The molecule has 1 aliphatic carbocycles. The number of likely N-dealkylation sites (tertiary alicyclic amines) is 1. The first-order valence-corrected chi connectivity index (χ1v) is 9.39. The van der Waals surface area contributed by atoms with Crippen LogP contribution in [-0.4, -0.2) is 34.9 Å². The molecule has 2 N–H and O–H groups in total. The van der Waals surface area contributed by atoms with Crippen LogP contribution >= 0.6 is 23.7 Å². The van der Waals surface area contributed by atoms with E-state index in [4.69, 9.17) is 5.73 Å². The van der Waals surface area contributed by atoms with Crippen LogP contribution in [0.2, 0.25) is 0 Å². The van der Waals surface area contributed by atoms with Crippen LogP contribution < -0.4 is 5.73 Å². The average Bonchev–Trinajstić information content (AvgIpc) is 3.31. The molecule has 9 heteroatoms. The van der Waals surface area contributed by atoms with E-state index in [1.807, 2.05) is 0 Å². The van der Waals surface area contributed by atoms with E-state index in [9.17, 15) is 18.0 Å². The molecule has 2 heterocycles. The third-order valence-electron chi connectivity index (χ3n) is 5.36. The Hall–Kier alpha value is -1.64. The highest BCUT2D eigenvalue weighted by molar-refractivity contribution is 7.13. The standard InChI is InChI=1S/C18H18F3N3OS.ClH/c19-18(20,21)12-3-1-2-10(6-12)16-23-15(9-26-16)17(25)24-7-11-4-5-14(22)13(11)8-24;/h1-3,6,9,11,13-14H,4-5,7-8,22H2;1H. The largest absolute Gasteiger partial charge is 0.416 e. The maximum Gasteiger partial charge on any atom is 0.416 e. The summed E-state index contributed by atoms with van der Waals surface area (Å²) < 4.78 is 38.6. The van der Waals surface area contributed by atoms with Crippen LogP contribution in [0.25, 0.3) is 10.6 Å². The number of fused-ring (bicyclic) bond motifs is 1. The van der Waals surface area contributed by atoms with E-state index in [0.717, 1.165) is 25.0 Å². The summed E-state index contributed by atoms with van der Waals surface area (Å²) in [7, 11) is 0. The molecule has 3 atom stereocenters. The molecule has 1 aliphatic heterocycles. The molecule has 27 heavy (non-hydrogen) atoms. The smallest absolute Gasteiger partial charge is 0.337 e. The second-order valence-corrected chi connectivity index (χ2v) is 7.85. The van der Waals surface area contributed by atoms with Crippen molar-refractivity contribution in [1.29, 1.82) is 0 Å². The number of halogens is 4. The lowest BCUT2D eigenvalue weighted by atomic mass is 9.98. The van der Waals surface area contributed by atoms with Crippen molar-refractivity contribution in [2.45, 2.75) is 25.1 Å². The molecule has 0 spiro atoms. The van der Waals surface area contributed by atoms with Crippen LogP contribution in [0.4, 0.5) is 13.2 Å². The summed E-state index contributed by atoms with van der Waals surface area (Å²) in [6, 6.07) is 5.15. The number of carbonyl (C=O) groups is 1. The second-order valence-electron chi connectivity index (χ2n) is 6.99. The first-order chi connectivity index (χ1) is 12.3. The number of nitrogens with zero attached hydrogens (tertiary/aromatic N) is 2. The van der Waals surface area contributed by atoms with Crippen molar-refractivity contribution in [1.82, 2.24) is 9.88 Å². The van der Waals surface area contributed by atoms with Crippen molar-refractivity contribution in [3.8, 4) is 10.6 Å². The Labute approximate surface area is 165 Å². The average molecular weight is 418 g/mol. The molecule has 1 amide bonds. The number of aromatic nitrogens is 1. The molecule has 2 fully saturated rings. The maximum absolute atomic E-state index is 12.9. The number of benzene rings is 1. The Morgan fingerprint density at radius 3 is 2.74 bits per heavy atom. The normalized spacial score (nSPS) is 24.6. The van der Waals surface area contributed by atoms with Gasteiger partial charge in [0, 0.05) is 30.1 Å². The maximum atomic E-state index is 12.9. The Kier molecular flexibility index (Phi) is 5.52. The third-order valence-corrected chi connectivity index (χ3v) is 6.25. The van der Waals surface area contributed by atoms with E-state index in [1.165, 1.54) is 17.4 Å². The van der Waals surface area contributed by atoms with Gasteiger partial charge in [0.1, 0.15) is 10.7 Å². The van der Waals surface area contributed by atoms with E-state index < -0.39 is 11.7 Å². The number of hydrogen-bond donors (Lipinski definition) is 1. The van der Waals surface area contributed by atoms with Gasteiger partial charge in [-0.05, 0) is 36.8 Å². The predicted octanol–water partition coefficient (Wildman–Crippen LogP) is 4.06.